The highest BCUT2D eigenvalue weighted by molar-refractivity contribution is 7.10. The molecular formula is C13H18N4OS. The van der Waals surface area contributed by atoms with Crippen molar-refractivity contribution in [1.82, 2.24) is 20.1 Å². The molecule has 0 fully saturated rings. The van der Waals surface area contributed by atoms with E-state index >= 15 is 0 Å². The maximum absolute atomic E-state index is 12.1. The van der Waals surface area contributed by atoms with Crippen LogP contribution in [0.5, 0.6) is 0 Å². The molecule has 0 bridgehead atoms. The highest BCUT2D eigenvalue weighted by Crippen LogP contribution is 2.23. The van der Waals surface area contributed by atoms with Crippen LogP contribution < -0.4 is 5.32 Å². The summed E-state index contributed by atoms with van der Waals surface area (Å²) in [6.07, 6.45) is 1.62. The summed E-state index contributed by atoms with van der Waals surface area (Å²) in [7, 11) is 1.86. The molecule has 0 radical (unpaired) electrons. The van der Waals surface area contributed by atoms with Gasteiger partial charge in [-0.05, 0) is 18.9 Å². The summed E-state index contributed by atoms with van der Waals surface area (Å²) in [6, 6.07) is 1.79. The third kappa shape index (κ3) is 3.01. The molecule has 6 heteroatoms. The van der Waals surface area contributed by atoms with Crippen molar-refractivity contribution in [2.45, 2.75) is 32.7 Å². The molecule has 0 saturated heterocycles. The molecule has 1 N–H and O–H groups in total. The number of carbonyl (C=O) groups is 1. The molecular weight excluding hydrogens is 260 g/mol. The van der Waals surface area contributed by atoms with Crippen LogP contribution in [0, 0.1) is 0 Å². The van der Waals surface area contributed by atoms with E-state index in [1.54, 1.807) is 22.2 Å². The third-order valence-corrected chi connectivity index (χ3v) is 4.17. The van der Waals surface area contributed by atoms with Crippen molar-refractivity contribution in [3.05, 3.63) is 34.0 Å². The Hall–Kier alpha value is -1.69. The normalized spacial score (nSPS) is 12.7. The van der Waals surface area contributed by atoms with Crippen molar-refractivity contribution in [2.75, 3.05) is 0 Å². The summed E-state index contributed by atoms with van der Waals surface area (Å²) in [6.45, 7) is 6.14. The summed E-state index contributed by atoms with van der Waals surface area (Å²) in [4.78, 5) is 13.4. The maximum Gasteiger partial charge on any atom is 0.252 e. The first-order valence-corrected chi connectivity index (χ1v) is 7.10. The second-order valence-electron chi connectivity index (χ2n) is 4.89. The number of amides is 1. The smallest absolute Gasteiger partial charge is 0.252 e. The van der Waals surface area contributed by atoms with Crippen LogP contribution in [-0.4, -0.2) is 20.7 Å². The summed E-state index contributed by atoms with van der Waals surface area (Å²) in [5.41, 5.74) is 0.711. The number of nitrogens with zero attached hydrogens (tertiary/aromatic N) is 3. The first kappa shape index (κ1) is 13.7. The van der Waals surface area contributed by atoms with Crippen LogP contribution >= 0.6 is 11.3 Å². The standard InChI is InChI=1S/C13H18N4OS/c1-8(2)11-5-10(6-19-11)13(18)15-9(3)12-16-14-7-17(12)4/h5-9H,1-4H3,(H,15,18)/t9-/m0/s1. The van der Waals surface area contributed by atoms with Crippen LogP contribution in [0.15, 0.2) is 17.8 Å². The van der Waals surface area contributed by atoms with Gasteiger partial charge in [-0.2, -0.15) is 0 Å². The van der Waals surface area contributed by atoms with Gasteiger partial charge >= 0.3 is 0 Å². The van der Waals surface area contributed by atoms with Gasteiger partial charge in [0.1, 0.15) is 6.33 Å². The van der Waals surface area contributed by atoms with Crippen molar-refractivity contribution in [2.24, 2.45) is 7.05 Å². The van der Waals surface area contributed by atoms with Crippen molar-refractivity contribution >= 4 is 17.2 Å². The largest absolute Gasteiger partial charge is 0.342 e. The number of hydrogen-bond donors (Lipinski definition) is 1. The van der Waals surface area contributed by atoms with E-state index in [9.17, 15) is 4.79 Å². The van der Waals surface area contributed by atoms with Gasteiger partial charge in [-0.3, -0.25) is 4.79 Å². The summed E-state index contributed by atoms with van der Waals surface area (Å²) in [5, 5.41) is 12.6. The molecule has 0 aliphatic rings. The average Bonchev–Trinajstić information content (AvgIpc) is 2.96. The lowest BCUT2D eigenvalue weighted by atomic mass is 10.1. The van der Waals surface area contributed by atoms with Crippen LogP contribution in [0.3, 0.4) is 0 Å². The van der Waals surface area contributed by atoms with Crippen molar-refractivity contribution < 1.29 is 4.79 Å². The predicted octanol–water partition coefficient (Wildman–Crippen LogP) is 2.49. The molecule has 102 valence electrons. The Balaban J connectivity index is 2.06. The molecule has 0 spiro atoms. The average molecular weight is 278 g/mol. The van der Waals surface area contributed by atoms with Gasteiger partial charge < -0.3 is 9.88 Å². The van der Waals surface area contributed by atoms with Gasteiger partial charge in [0.2, 0.25) is 0 Å². The van der Waals surface area contributed by atoms with E-state index in [-0.39, 0.29) is 11.9 Å². The molecule has 1 atom stereocenters. The Morgan fingerprint density at radius 2 is 2.16 bits per heavy atom. The quantitative estimate of drug-likeness (QED) is 0.934. The zero-order valence-corrected chi connectivity index (χ0v) is 12.4. The van der Waals surface area contributed by atoms with Crippen molar-refractivity contribution in [1.29, 1.82) is 0 Å². The van der Waals surface area contributed by atoms with Crippen LogP contribution in [0.2, 0.25) is 0 Å². The Morgan fingerprint density at radius 3 is 2.68 bits per heavy atom. The van der Waals surface area contributed by atoms with Gasteiger partial charge in [0, 0.05) is 17.3 Å². The summed E-state index contributed by atoms with van der Waals surface area (Å²) >= 11 is 1.62. The predicted molar refractivity (Wildman–Crippen MR) is 75.3 cm³/mol. The highest BCUT2D eigenvalue weighted by Gasteiger charge is 2.16. The first-order chi connectivity index (χ1) is 8.99. The Bertz CT molecular complexity index is 573. The SMILES string of the molecule is CC(C)c1cc(C(=O)N[C@@H](C)c2nncn2C)cs1. The monoisotopic (exact) mass is 278 g/mol. The van der Waals surface area contributed by atoms with Crippen molar-refractivity contribution in [3.63, 3.8) is 0 Å². The number of aryl methyl sites for hydroxylation is 1. The minimum Gasteiger partial charge on any atom is -0.342 e. The lowest BCUT2D eigenvalue weighted by Gasteiger charge is -2.12. The molecule has 0 unspecified atom stereocenters. The number of thiophene rings is 1. The fourth-order valence-corrected chi connectivity index (χ4v) is 2.71. The molecule has 5 nitrogen and oxygen atoms in total. The molecule has 0 saturated carbocycles. The molecule has 2 heterocycles. The Kier molecular flexibility index (Phi) is 3.99. The molecule has 0 aliphatic heterocycles. The van der Waals surface area contributed by atoms with E-state index in [2.05, 4.69) is 29.4 Å². The lowest BCUT2D eigenvalue weighted by Crippen LogP contribution is -2.28. The van der Waals surface area contributed by atoms with Crippen LogP contribution in [0.1, 0.15) is 53.8 Å². The van der Waals surface area contributed by atoms with E-state index in [0.29, 0.717) is 11.5 Å². The second-order valence-corrected chi connectivity index (χ2v) is 5.83. The van der Waals surface area contributed by atoms with Crippen LogP contribution in [0.4, 0.5) is 0 Å². The molecule has 1 amide bonds. The molecule has 2 aromatic heterocycles. The van der Waals surface area contributed by atoms with Crippen LogP contribution in [0.25, 0.3) is 0 Å². The number of nitrogens with one attached hydrogen (secondary N) is 1. The zero-order chi connectivity index (χ0) is 14.0. The summed E-state index contributed by atoms with van der Waals surface area (Å²) in [5.74, 6) is 1.12. The zero-order valence-electron chi connectivity index (χ0n) is 11.5. The number of aromatic nitrogens is 3. The fraction of sp³-hybridized carbons (Fsp3) is 0.462. The highest BCUT2D eigenvalue weighted by atomic mass is 32.1. The Morgan fingerprint density at radius 1 is 1.42 bits per heavy atom. The molecule has 0 aliphatic carbocycles. The van der Waals surface area contributed by atoms with Gasteiger partial charge in [0.05, 0.1) is 11.6 Å². The minimum atomic E-state index is -0.164. The Labute approximate surface area is 116 Å². The van der Waals surface area contributed by atoms with E-state index in [1.807, 2.05) is 25.4 Å². The van der Waals surface area contributed by atoms with Crippen LogP contribution in [-0.2, 0) is 7.05 Å². The molecule has 2 aromatic rings. The third-order valence-electron chi connectivity index (χ3n) is 2.93. The van der Waals surface area contributed by atoms with E-state index in [1.165, 1.54) is 4.88 Å². The molecule has 2 rings (SSSR count). The number of carbonyl (C=O) groups excluding carboxylic acids is 1. The van der Waals surface area contributed by atoms with Crippen molar-refractivity contribution in [3.8, 4) is 0 Å². The van der Waals surface area contributed by atoms with Gasteiger partial charge in [-0.1, -0.05) is 13.8 Å². The second kappa shape index (κ2) is 5.52. The van der Waals surface area contributed by atoms with Gasteiger partial charge in [-0.15, -0.1) is 21.5 Å². The fourth-order valence-electron chi connectivity index (χ4n) is 1.80. The first-order valence-electron chi connectivity index (χ1n) is 6.22. The maximum atomic E-state index is 12.1. The topological polar surface area (TPSA) is 59.8 Å². The van der Waals surface area contributed by atoms with E-state index in [4.69, 9.17) is 0 Å². The number of rotatable bonds is 4. The van der Waals surface area contributed by atoms with Gasteiger partial charge in [0.25, 0.3) is 5.91 Å². The van der Waals surface area contributed by atoms with Gasteiger partial charge in [-0.25, -0.2) is 0 Å². The molecule has 19 heavy (non-hydrogen) atoms. The van der Waals surface area contributed by atoms with E-state index < -0.39 is 0 Å². The number of hydrogen-bond acceptors (Lipinski definition) is 4. The van der Waals surface area contributed by atoms with Gasteiger partial charge in [0.15, 0.2) is 5.82 Å². The lowest BCUT2D eigenvalue weighted by molar-refractivity contribution is 0.0938. The molecule has 0 aromatic carbocycles. The summed E-state index contributed by atoms with van der Waals surface area (Å²) < 4.78 is 1.80. The minimum absolute atomic E-state index is 0.0707. The van der Waals surface area contributed by atoms with E-state index in [0.717, 1.165) is 5.82 Å².